The number of hydrogen-bond donors (Lipinski definition) is 3. The molecule has 9 heteroatoms. The zero-order valence-corrected chi connectivity index (χ0v) is 25.4. The highest BCUT2D eigenvalue weighted by molar-refractivity contribution is 9.10. The Morgan fingerprint density at radius 1 is 0.667 bits per heavy atom. The summed E-state index contributed by atoms with van der Waals surface area (Å²) in [5, 5.41) is 0. The molecular formula is C27H35BrN6Si2. The normalized spacial score (nSPS) is 9.58. The number of pyridine rings is 3. The Morgan fingerprint density at radius 2 is 1.08 bits per heavy atom. The van der Waals surface area contributed by atoms with Crippen LogP contribution in [-0.2, 0) is 0 Å². The van der Waals surface area contributed by atoms with E-state index in [9.17, 15) is 0 Å². The molecular weight excluding hydrogens is 544 g/mol. The molecule has 0 unspecified atom stereocenters. The maximum atomic E-state index is 5.46. The number of hydrogen-bond acceptors (Lipinski definition) is 6. The molecule has 3 heterocycles. The minimum atomic E-state index is -1.27. The van der Waals surface area contributed by atoms with Gasteiger partial charge in [0.25, 0.3) is 0 Å². The van der Waals surface area contributed by atoms with Gasteiger partial charge in [-0.25, -0.2) is 15.0 Å². The van der Waals surface area contributed by atoms with Gasteiger partial charge in [-0.1, -0.05) is 51.1 Å². The minimum Gasteiger partial charge on any atom is -0.384 e. The molecule has 0 aromatic carbocycles. The maximum Gasteiger partial charge on any atom is 0.129 e. The number of nitrogens with zero attached hydrogens (tertiary/aromatic N) is 3. The number of anilines is 3. The van der Waals surface area contributed by atoms with E-state index in [1.807, 2.05) is 12.1 Å². The molecule has 0 saturated heterocycles. The highest BCUT2D eigenvalue weighted by Gasteiger charge is 2.07. The number of halogens is 1. The first-order valence-corrected chi connectivity index (χ1v) is 18.7. The van der Waals surface area contributed by atoms with Gasteiger partial charge in [0.1, 0.15) is 33.6 Å². The first-order chi connectivity index (χ1) is 16.6. The second kappa shape index (κ2) is 16.2. The van der Waals surface area contributed by atoms with Gasteiger partial charge >= 0.3 is 0 Å². The summed E-state index contributed by atoms with van der Waals surface area (Å²) in [5.74, 6) is 7.13. The predicted molar refractivity (Wildman–Crippen MR) is 164 cm³/mol. The van der Waals surface area contributed by atoms with E-state index >= 15 is 0 Å². The molecule has 6 N–H and O–H groups in total. The van der Waals surface area contributed by atoms with Crippen LogP contribution in [0.15, 0.2) is 59.5 Å². The molecule has 0 saturated carbocycles. The Labute approximate surface area is 226 Å². The summed E-state index contributed by atoms with van der Waals surface area (Å²) in [6, 6.07) is 10.7. The zero-order chi connectivity index (χ0) is 27.8. The summed E-state index contributed by atoms with van der Waals surface area (Å²) in [6.45, 7) is 13.1. The molecule has 3 aromatic heterocycles. The van der Waals surface area contributed by atoms with Crippen molar-refractivity contribution in [1.29, 1.82) is 0 Å². The van der Waals surface area contributed by atoms with Gasteiger partial charge in [-0.2, -0.15) is 0 Å². The van der Waals surface area contributed by atoms with Crippen molar-refractivity contribution in [2.45, 2.75) is 39.3 Å². The van der Waals surface area contributed by atoms with Crippen molar-refractivity contribution in [2.24, 2.45) is 0 Å². The molecule has 6 nitrogen and oxygen atoms in total. The summed E-state index contributed by atoms with van der Waals surface area (Å²) < 4.78 is 0.951. The quantitative estimate of drug-likeness (QED) is 0.241. The van der Waals surface area contributed by atoms with Gasteiger partial charge in [0.05, 0.1) is 0 Å². The molecule has 0 amide bonds. The Morgan fingerprint density at radius 3 is 1.36 bits per heavy atom. The third-order valence-corrected chi connectivity index (χ3v) is 5.71. The Balaban J connectivity index is 0.000000473. The van der Waals surface area contributed by atoms with Crippen molar-refractivity contribution in [2.75, 3.05) is 17.2 Å². The van der Waals surface area contributed by atoms with Crippen molar-refractivity contribution in [3.63, 3.8) is 0 Å². The van der Waals surface area contributed by atoms with E-state index in [1.165, 1.54) is 0 Å². The van der Waals surface area contributed by atoms with Gasteiger partial charge in [0, 0.05) is 34.2 Å². The Hall–Kier alpha value is -3.56. The fourth-order valence-electron chi connectivity index (χ4n) is 1.62. The van der Waals surface area contributed by atoms with Crippen molar-refractivity contribution < 1.29 is 0 Å². The molecule has 188 valence electrons. The average Bonchev–Trinajstić information content (AvgIpc) is 2.81. The van der Waals surface area contributed by atoms with Gasteiger partial charge in [0.15, 0.2) is 0 Å². The summed E-state index contributed by atoms with van der Waals surface area (Å²) in [5.41, 5.74) is 23.8. The van der Waals surface area contributed by atoms with E-state index in [2.05, 4.69) is 93.1 Å². The molecule has 0 fully saturated rings. The second-order valence-electron chi connectivity index (χ2n) is 9.38. The zero-order valence-electron chi connectivity index (χ0n) is 21.8. The second-order valence-corrected chi connectivity index (χ2v) is 19.8. The summed E-state index contributed by atoms with van der Waals surface area (Å²) in [4.78, 5) is 11.6. The molecule has 0 aliphatic rings. The van der Waals surface area contributed by atoms with Crippen LogP contribution >= 0.6 is 15.9 Å². The molecule has 0 aliphatic heterocycles. The lowest BCUT2D eigenvalue weighted by Crippen LogP contribution is -2.16. The van der Waals surface area contributed by atoms with Crippen LogP contribution in [-0.4, -0.2) is 31.1 Å². The van der Waals surface area contributed by atoms with Crippen LogP contribution < -0.4 is 17.2 Å². The largest absolute Gasteiger partial charge is 0.384 e. The van der Waals surface area contributed by atoms with Crippen LogP contribution in [0.4, 0.5) is 17.5 Å². The maximum absolute atomic E-state index is 5.46. The van der Waals surface area contributed by atoms with E-state index in [4.69, 9.17) is 30.0 Å². The van der Waals surface area contributed by atoms with Gasteiger partial charge < -0.3 is 17.2 Å². The molecule has 0 atom stereocenters. The first-order valence-electron chi connectivity index (χ1n) is 10.9. The summed E-state index contributed by atoms with van der Waals surface area (Å²) in [6.07, 6.45) is 15.1. The first kappa shape index (κ1) is 32.4. The molecule has 0 bridgehead atoms. The van der Waals surface area contributed by atoms with Crippen molar-refractivity contribution >= 4 is 49.5 Å². The van der Waals surface area contributed by atoms with Crippen LogP contribution in [0.5, 0.6) is 0 Å². The van der Waals surface area contributed by atoms with E-state index in [1.54, 1.807) is 42.9 Å². The van der Waals surface area contributed by atoms with Crippen molar-refractivity contribution in [1.82, 2.24) is 15.0 Å². The van der Waals surface area contributed by atoms with E-state index in [-0.39, 0.29) is 0 Å². The SMILES string of the molecule is C#C[Si](C)(C)C.C#Cc1ccc(N)nc1.C[Si](C)(C)C#Cc1ccc(N)nc1.Nc1ccc(Br)cn1. The third-order valence-electron chi connectivity index (χ3n) is 3.50. The lowest BCUT2D eigenvalue weighted by Gasteiger charge is -2.03. The van der Waals surface area contributed by atoms with Crippen LogP contribution in [0.25, 0.3) is 0 Å². The number of aromatic nitrogens is 3. The van der Waals surface area contributed by atoms with Crippen LogP contribution in [0.1, 0.15) is 11.1 Å². The van der Waals surface area contributed by atoms with Crippen molar-refractivity contribution in [3.05, 3.63) is 70.6 Å². The monoisotopic (exact) mass is 578 g/mol. The molecule has 0 spiro atoms. The minimum absolute atomic E-state index is 0.494. The van der Waals surface area contributed by atoms with E-state index in [0.717, 1.165) is 15.6 Å². The van der Waals surface area contributed by atoms with E-state index in [0.29, 0.717) is 17.5 Å². The van der Waals surface area contributed by atoms with Gasteiger partial charge in [0.2, 0.25) is 0 Å². The third kappa shape index (κ3) is 18.8. The topological polar surface area (TPSA) is 117 Å². The van der Waals surface area contributed by atoms with Gasteiger partial charge in [-0.3, -0.25) is 0 Å². The van der Waals surface area contributed by atoms with Crippen LogP contribution in [0.2, 0.25) is 39.3 Å². The predicted octanol–water partition coefficient (Wildman–Crippen LogP) is 5.46. The highest BCUT2D eigenvalue weighted by Crippen LogP contribution is 2.07. The molecule has 3 rings (SSSR count). The van der Waals surface area contributed by atoms with Gasteiger partial charge in [-0.15, -0.1) is 23.9 Å². The molecule has 0 radical (unpaired) electrons. The van der Waals surface area contributed by atoms with Crippen molar-refractivity contribution in [3.8, 4) is 35.8 Å². The number of nitrogen functional groups attached to an aromatic ring is 3. The average molecular weight is 580 g/mol. The fraction of sp³-hybridized carbons (Fsp3) is 0.222. The number of terminal acetylenes is 2. The Kier molecular flexibility index (Phi) is 14.6. The molecule has 3 aromatic rings. The van der Waals surface area contributed by atoms with E-state index < -0.39 is 16.1 Å². The summed E-state index contributed by atoms with van der Waals surface area (Å²) >= 11 is 3.23. The highest BCUT2D eigenvalue weighted by atomic mass is 79.9. The van der Waals surface area contributed by atoms with Crippen LogP contribution in [0, 0.1) is 35.8 Å². The molecule has 0 aliphatic carbocycles. The smallest absolute Gasteiger partial charge is 0.129 e. The fourth-order valence-corrected chi connectivity index (χ4v) is 2.37. The standard InChI is InChI=1S/C10H14N2Si.C7H6N2.C5H5BrN2.C5H10Si/c1-13(2,3)7-6-9-4-5-10(11)12-8-9;1-2-6-3-4-7(8)9-5-6;6-4-1-2-5(7)8-3-4;1-5-6(2,3)4/h4-5,8H,1-3H3,(H2,11,12);1,3-5H,(H2,8,9);1-3H,(H2,7,8);1H,2-4H3. The van der Waals surface area contributed by atoms with Crippen LogP contribution in [0.3, 0.4) is 0 Å². The summed E-state index contributed by atoms with van der Waals surface area (Å²) in [7, 11) is -2.38. The molecule has 36 heavy (non-hydrogen) atoms. The van der Waals surface area contributed by atoms with Gasteiger partial charge in [-0.05, 0) is 52.3 Å². The number of nitrogens with two attached hydrogens (primary N) is 3. The lowest BCUT2D eigenvalue weighted by molar-refractivity contribution is 1.32. The lowest BCUT2D eigenvalue weighted by atomic mass is 10.3. The Bertz CT molecular complexity index is 1170. The number of rotatable bonds is 0.